The minimum absolute atomic E-state index is 0.247. The van der Waals surface area contributed by atoms with Crippen LogP contribution in [0.15, 0.2) is 12.7 Å². The van der Waals surface area contributed by atoms with E-state index in [-0.39, 0.29) is 5.91 Å². The summed E-state index contributed by atoms with van der Waals surface area (Å²) in [5.74, 6) is -0.755. The van der Waals surface area contributed by atoms with Crippen LogP contribution >= 0.6 is 0 Å². The summed E-state index contributed by atoms with van der Waals surface area (Å²) in [7, 11) is 0. The minimum atomic E-state index is -0.569. The van der Waals surface area contributed by atoms with Gasteiger partial charge in [-0.05, 0) is 12.8 Å². The van der Waals surface area contributed by atoms with Gasteiger partial charge in [-0.2, -0.15) is 0 Å². The maximum Gasteiger partial charge on any atom is 0.240 e. The van der Waals surface area contributed by atoms with Gasteiger partial charge in [0.15, 0.2) is 0 Å². The molecule has 0 aliphatic rings. The first-order valence-electron chi connectivity index (χ1n) is 3.75. The van der Waals surface area contributed by atoms with Crippen molar-refractivity contribution in [2.24, 2.45) is 5.73 Å². The summed E-state index contributed by atoms with van der Waals surface area (Å²) >= 11 is 0. The fourth-order valence-corrected chi connectivity index (χ4v) is 0.815. The number of rotatable bonds is 5. The zero-order valence-corrected chi connectivity index (χ0v) is 7.17. The van der Waals surface area contributed by atoms with E-state index in [1.54, 1.807) is 6.08 Å². The number of allylic oxidation sites excluding steroid dienone is 1. The molecule has 0 saturated carbocycles. The summed E-state index contributed by atoms with van der Waals surface area (Å²) in [4.78, 5) is 21.3. The van der Waals surface area contributed by atoms with Gasteiger partial charge in [-0.25, -0.2) is 0 Å². The van der Waals surface area contributed by atoms with Gasteiger partial charge in [0.1, 0.15) is 6.04 Å². The number of nitrogens with two attached hydrogens (primary N) is 1. The van der Waals surface area contributed by atoms with E-state index in [2.05, 4.69) is 11.9 Å². The van der Waals surface area contributed by atoms with Gasteiger partial charge in [-0.15, -0.1) is 6.58 Å². The van der Waals surface area contributed by atoms with Crippen LogP contribution in [0.5, 0.6) is 0 Å². The molecule has 3 N–H and O–H groups in total. The summed E-state index contributed by atoms with van der Waals surface area (Å²) in [5.41, 5.74) is 5.04. The van der Waals surface area contributed by atoms with Crippen molar-refractivity contribution in [1.29, 1.82) is 0 Å². The maximum atomic E-state index is 10.7. The first-order chi connectivity index (χ1) is 5.57. The van der Waals surface area contributed by atoms with Crippen molar-refractivity contribution in [2.75, 3.05) is 0 Å². The van der Waals surface area contributed by atoms with E-state index in [9.17, 15) is 9.59 Å². The standard InChI is InChI=1S/C8H14N2O2/c1-3-4-5-7(8(9)12)10-6(2)11/h3,7H,1,4-5H2,2H3,(H2,9,12)(H,10,11)/t7-/m0/s1. The van der Waals surface area contributed by atoms with Crippen molar-refractivity contribution >= 4 is 11.8 Å². The molecule has 0 fully saturated rings. The minimum Gasteiger partial charge on any atom is -0.368 e. The summed E-state index contributed by atoms with van der Waals surface area (Å²) in [6, 6.07) is -0.569. The Bertz CT molecular complexity index is 189. The molecule has 0 rings (SSSR count). The van der Waals surface area contributed by atoms with Crippen LogP contribution in [0.2, 0.25) is 0 Å². The van der Waals surface area contributed by atoms with Gasteiger partial charge in [-0.1, -0.05) is 6.08 Å². The van der Waals surface area contributed by atoms with Crippen LogP contribution in [-0.2, 0) is 9.59 Å². The largest absolute Gasteiger partial charge is 0.368 e. The smallest absolute Gasteiger partial charge is 0.240 e. The topological polar surface area (TPSA) is 72.2 Å². The van der Waals surface area contributed by atoms with Gasteiger partial charge in [0.25, 0.3) is 0 Å². The van der Waals surface area contributed by atoms with Crippen LogP contribution in [0, 0.1) is 0 Å². The zero-order chi connectivity index (χ0) is 9.56. The Kier molecular flexibility index (Phi) is 4.76. The van der Waals surface area contributed by atoms with Crippen LogP contribution in [0.4, 0.5) is 0 Å². The van der Waals surface area contributed by atoms with Crippen molar-refractivity contribution in [2.45, 2.75) is 25.8 Å². The molecule has 0 aliphatic carbocycles. The normalized spacial score (nSPS) is 11.8. The van der Waals surface area contributed by atoms with Crippen LogP contribution < -0.4 is 11.1 Å². The molecule has 0 aromatic carbocycles. The molecular weight excluding hydrogens is 156 g/mol. The highest BCUT2D eigenvalue weighted by molar-refractivity contribution is 5.85. The second-order valence-electron chi connectivity index (χ2n) is 2.52. The molecule has 0 spiro atoms. The van der Waals surface area contributed by atoms with E-state index in [4.69, 9.17) is 5.73 Å². The third kappa shape index (κ3) is 4.49. The van der Waals surface area contributed by atoms with Gasteiger partial charge in [0.2, 0.25) is 11.8 Å². The lowest BCUT2D eigenvalue weighted by Gasteiger charge is -2.12. The maximum absolute atomic E-state index is 10.7. The molecule has 0 saturated heterocycles. The van der Waals surface area contributed by atoms with Gasteiger partial charge in [-0.3, -0.25) is 9.59 Å². The molecule has 68 valence electrons. The Balaban J connectivity index is 3.94. The SMILES string of the molecule is C=CCC[C@H](NC(C)=O)C(N)=O. The molecule has 0 radical (unpaired) electrons. The van der Waals surface area contributed by atoms with E-state index in [0.29, 0.717) is 12.8 Å². The summed E-state index contributed by atoms with van der Waals surface area (Å²) in [6.07, 6.45) is 2.85. The Morgan fingerprint density at radius 3 is 2.58 bits per heavy atom. The van der Waals surface area contributed by atoms with E-state index < -0.39 is 11.9 Å². The number of hydrogen-bond acceptors (Lipinski definition) is 2. The lowest BCUT2D eigenvalue weighted by Crippen LogP contribution is -2.43. The number of carbonyl (C=O) groups is 2. The van der Waals surface area contributed by atoms with Crippen molar-refractivity contribution in [1.82, 2.24) is 5.32 Å². The van der Waals surface area contributed by atoms with Crippen LogP contribution in [0.3, 0.4) is 0 Å². The average Bonchev–Trinajstić information content (AvgIpc) is 1.96. The molecule has 0 aliphatic heterocycles. The van der Waals surface area contributed by atoms with Crippen molar-refractivity contribution in [3.63, 3.8) is 0 Å². The molecule has 0 aromatic rings. The Hall–Kier alpha value is -1.32. The third-order valence-corrected chi connectivity index (χ3v) is 1.38. The van der Waals surface area contributed by atoms with Crippen LogP contribution in [-0.4, -0.2) is 17.9 Å². The third-order valence-electron chi connectivity index (χ3n) is 1.38. The molecule has 2 amide bonds. The number of primary amides is 1. The van der Waals surface area contributed by atoms with Gasteiger partial charge in [0.05, 0.1) is 0 Å². The van der Waals surface area contributed by atoms with Gasteiger partial charge in [0, 0.05) is 6.92 Å². The van der Waals surface area contributed by atoms with E-state index in [1.807, 2.05) is 0 Å². The molecule has 0 heterocycles. The summed E-state index contributed by atoms with van der Waals surface area (Å²) in [6.45, 7) is 4.86. The lowest BCUT2D eigenvalue weighted by molar-refractivity contribution is -0.126. The number of hydrogen-bond donors (Lipinski definition) is 2. The fraction of sp³-hybridized carbons (Fsp3) is 0.500. The first-order valence-corrected chi connectivity index (χ1v) is 3.75. The van der Waals surface area contributed by atoms with E-state index in [1.165, 1.54) is 6.92 Å². The molecule has 12 heavy (non-hydrogen) atoms. The summed E-state index contributed by atoms with van der Waals surface area (Å²) in [5, 5.41) is 2.45. The first kappa shape index (κ1) is 10.7. The lowest BCUT2D eigenvalue weighted by atomic mass is 10.1. The quantitative estimate of drug-likeness (QED) is 0.567. The van der Waals surface area contributed by atoms with Crippen molar-refractivity contribution < 1.29 is 9.59 Å². The summed E-state index contributed by atoms with van der Waals surface area (Å²) < 4.78 is 0. The number of nitrogens with one attached hydrogen (secondary N) is 1. The highest BCUT2D eigenvalue weighted by Gasteiger charge is 2.14. The molecule has 0 bridgehead atoms. The second kappa shape index (κ2) is 5.35. The van der Waals surface area contributed by atoms with Crippen LogP contribution in [0.1, 0.15) is 19.8 Å². The monoisotopic (exact) mass is 170 g/mol. The van der Waals surface area contributed by atoms with Crippen LogP contribution in [0.25, 0.3) is 0 Å². The van der Waals surface area contributed by atoms with Gasteiger partial charge < -0.3 is 11.1 Å². The van der Waals surface area contributed by atoms with Crippen molar-refractivity contribution in [3.8, 4) is 0 Å². The Labute approximate surface area is 71.8 Å². The molecule has 4 nitrogen and oxygen atoms in total. The van der Waals surface area contributed by atoms with E-state index in [0.717, 1.165) is 0 Å². The van der Waals surface area contributed by atoms with E-state index >= 15 is 0 Å². The highest BCUT2D eigenvalue weighted by atomic mass is 16.2. The highest BCUT2D eigenvalue weighted by Crippen LogP contribution is 1.96. The Morgan fingerprint density at radius 1 is 1.67 bits per heavy atom. The second-order valence-corrected chi connectivity index (χ2v) is 2.52. The molecular formula is C8H14N2O2. The average molecular weight is 170 g/mol. The molecule has 1 atom stereocenters. The predicted octanol–water partition coefficient (Wildman–Crippen LogP) is -0.0574. The molecule has 0 unspecified atom stereocenters. The number of amides is 2. The van der Waals surface area contributed by atoms with Crippen molar-refractivity contribution in [3.05, 3.63) is 12.7 Å². The fourth-order valence-electron chi connectivity index (χ4n) is 0.815. The zero-order valence-electron chi connectivity index (χ0n) is 7.17. The molecule has 0 aromatic heterocycles. The number of carbonyl (C=O) groups excluding carboxylic acids is 2. The molecule has 4 heteroatoms. The van der Waals surface area contributed by atoms with Gasteiger partial charge >= 0.3 is 0 Å². The Morgan fingerprint density at radius 2 is 2.25 bits per heavy atom. The predicted molar refractivity (Wildman–Crippen MR) is 46.2 cm³/mol.